The van der Waals surface area contributed by atoms with Gasteiger partial charge in [0.15, 0.2) is 17.7 Å². The van der Waals surface area contributed by atoms with E-state index < -0.39 is 108 Å². The maximum Gasteiger partial charge on any atom is 0.425 e. The molecule has 6 rings (SSSR count). The summed E-state index contributed by atoms with van der Waals surface area (Å²) < 4.78 is 46.8. The zero-order chi connectivity index (χ0) is 48.2. The smallest absolute Gasteiger partial charge is 0.425 e. The van der Waals surface area contributed by atoms with Gasteiger partial charge in [-0.2, -0.15) is 0 Å². The Labute approximate surface area is 386 Å². The third kappa shape index (κ3) is 10.5. The lowest BCUT2D eigenvalue weighted by atomic mass is 9.73. The quantitative estimate of drug-likeness (QED) is 0.104. The molecule has 362 valence electrons. The molecule has 1 aromatic carbocycles. The van der Waals surface area contributed by atoms with Gasteiger partial charge in [0.2, 0.25) is 0 Å². The Morgan fingerprint density at radius 1 is 1.02 bits per heavy atom. The van der Waals surface area contributed by atoms with Crippen molar-refractivity contribution in [1.82, 2.24) is 34.9 Å². The molecule has 0 unspecified atom stereocenters. The first-order valence-corrected chi connectivity index (χ1v) is 22.9. The third-order valence-electron chi connectivity index (χ3n) is 14.2. The van der Waals surface area contributed by atoms with Crippen molar-refractivity contribution >= 4 is 23.6 Å². The lowest BCUT2D eigenvalue weighted by Gasteiger charge is -2.47. The first-order valence-electron chi connectivity index (χ1n) is 22.9. The molecule has 0 radical (unpaired) electrons. The maximum atomic E-state index is 14.4. The van der Waals surface area contributed by atoms with E-state index in [0.29, 0.717) is 31.5 Å². The van der Waals surface area contributed by atoms with Crippen LogP contribution in [0.3, 0.4) is 0 Å². The standard InChI is InChI=1S/C47H67FN8O10/c1-11-37-47(8)41(56(49)45(61)66-47)28(4)38(57)26(2)20-46(7,62-10)42(29(5)39(58)30(6)43(60)64-37)65-44-40(59)36(18-27(3)63-44)54(9)17-16-34-24-55(53-52-34)35(21-48)19-31-12-14-32(15-13-31)33-22-50-25-51-23-33/h12-15,22-30,35-37,40-42,44,59H,11,16-21,49H2,1-10H3/t26-,27-,28+,29+,30-,35+,36+,37-,40-,41-,42-,44+,46-,47-/m1/s1. The number of methoxy groups -OCH3 is 1. The van der Waals surface area contributed by atoms with Gasteiger partial charge in [0.05, 0.1) is 29.5 Å². The van der Waals surface area contributed by atoms with E-state index in [1.165, 1.54) is 20.4 Å². The summed E-state index contributed by atoms with van der Waals surface area (Å²) in [6.45, 7) is 13.2. The number of aliphatic hydroxyl groups is 1. The molecule has 0 aliphatic carbocycles. The van der Waals surface area contributed by atoms with Crippen LogP contribution < -0.4 is 5.84 Å². The van der Waals surface area contributed by atoms with Crippen molar-refractivity contribution in [1.29, 1.82) is 0 Å². The second-order valence-corrected chi connectivity index (χ2v) is 18.9. The van der Waals surface area contributed by atoms with E-state index in [-0.39, 0.29) is 18.6 Å². The largest absolute Gasteiger partial charge is 0.458 e. The van der Waals surface area contributed by atoms with Crippen LogP contribution in [0.25, 0.3) is 11.1 Å². The second kappa shape index (κ2) is 21.0. The van der Waals surface area contributed by atoms with Crippen molar-refractivity contribution in [2.75, 3.05) is 27.4 Å². The van der Waals surface area contributed by atoms with E-state index in [0.717, 1.165) is 21.7 Å². The minimum atomic E-state index is -1.50. The highest BCUT2D eigenvalue weighted by Crippen LogP contribution is 2.42. The Kier molecular flexibility index (Phi) is 16.1. The number of ether oxygens (including phenoxy) is 5. The molecule has 0 spiro atoms. The van der Waals surface area contributed by atoms with Crippen LogP contribution in [0.15, 0.2) is 49.2 Å². The van der Waals surface area contributed by atoms with Crippen molar-refractivity contribution in [3.8, 4) is 11.1 Å². The fourth-order valence-electron chi connectivity index (χ4n) is 10.2. The number of fused-ring (bicyclic) bond motifs is 1. The Morgan fingerprint density at radius 3 is 2.33 bits per heavy atom. The summed E-state index contributed by atoms with van der Waals surface area (Å²) in [4.78, 5) is 65.6. The normalized spacial score (nSPS) is 34.2. The third-order valence-corrected chi connectivity index (χ3v) is 14.2. The lowest BCUT2D eigenvalue weighted by Crippen LogP contribution is -2.61. The molecule has 3 fully saturated rings. The fraction of sp³-hybridized carbons (Fsp3) is 0.660. The van der Waals surface area contributed by atoms with Crippen LogP contribution in [0.5, 0.6) is 0 Å². The lowest BCUT2D eigenvalue weighted by molar-refractivity contribution is -0.296. The molecular weight excluding hydrogens is 856 g/mol. The highest BCUT2D eigenvalue weighted by atomic mass is 19.1. The number of nitrogens with two attached hydrogens (primary N) is 1. The first-order chi connectivity index (χ1) is 31.3. The number of halogens is 1. The van der Waals surface area contributed by atoms with Gasteiger partial charge in [-0.25, -0.2) is 34.7 Å². The van der Waals surface area contributed by atoms with Gasteiger partial charge in [-0.1, -0.05) is 57.2 Å². The van der Waals surface area contributed by atoms with Crippen LogP contribution >= 0.6 is 0 Å². The summed E-state index contributed by atoms with van der Waals surface area (Å²) >= 11 is 0. The van der Waals surface area contributed by atoms with Gasteiger partial charge in [0, 0.05) is 68.0 Å². The van der Waals surface area contributed by atoms with Crippen molar-refractivity contribution < 1.29 is 52.4 Å². The summed E-state index contributed by atoms with van der Waals surface area (Å²) in [5.74, 6) is 0.707. The van der Waals surface area contributed by atoms with E-state index in [2.05, 4.69) is 20.3 Å². The molecule has 0 saturated carbocycles. The Balaban J connectivity index is 1.17. The summed E-state index contributed by atoms with van der Waals surface area (Å²) in [7, 11) is 3.32. The van der Waals surface area contributed by atoms with Gasteiger partial charge in [0.25, 0.3) is 0 Å². The number of esters is 1. The van der Waals surface area contributed by atoms with E-state index in [9.17, 15) is 28.7 Å². The highest BCUT2D eigenvalue weighted by molar-refractivity contribution is 6.00. The maximum absolute atomic E-state index is 14.4. The number of ketones is 2. The number of Topliss-reactive ketones (excluding diaryl/α,β-unsaturated/α-hetero) is 2. The molecule has 3 aliphatic heterocycles. The first kappa shape index (κ1) is 50.6. The van der Waals surface area contributed by atoms with Crippen molar-refractivity contribution in [2.45, 2.75) is 148 Å². The highest BCUT2D eigenvalue weighted by Gasteiger charge is 2.60. The number of carbonyl (C=O) groups excluding carboxylic acids is 4. The van der Waals surface area contributed by atoms with Crippen LogP contribution in [0.2, 0.25) is 0 Å². The average molecular weight is 923 g/mol. The Hall–Kier alpha value is -4.79. The summed E-state index contributed by atoms with van der Waals surface area (Å²) in [6, 6.07) is 5.78. The number of likely N-dealkylation sites (N-methyl/N-ethyl adjacent to an activating group) is 1. The SMILES string of the molecule is CC[C@H]1OC(=O)[C@H](C)C(=O)[C@H](C)[C@@H](O[C@@H]2O[C@H](C)C[C@H](N(C)CCc3cn([C@H](CF)Cc4ccc(-c5cncnc5)cc4)nn3)[C@H]2O)[C@](C)(OC)C[C@@H](C)C(=O)[C@H](C)[C@H]2N(N)C(=O)O[C@]12C. The molecule has 5 heterocycles. The van der Waals surface area contributed by atoms with Gasteiger partial charge >= 0.3 is 12.1 Å². The summed E-state index contributed by atoms with van der Waals surface area (Å²) in [5, 5.41) is 21.5. The zero-order valence-electron chi connectivity index (χ0n) is 39.7. The number of amides is 1. The van der Waals surface area contributed by atoms with Gasteiger partial charge < -0.3 is 33.7 Å². The second-order valence-electron chi connectivity index (χ2n) is 18.9. The average Bonchev–Trinajstić information content (AvgIpc) is 3.88. The van der Waals surface area contributed by atoms with Crippen LogP contribution in [0.4, 0.5) is 9.18 Å². The fourth-order valence-corrected chi connectivity index (χ4v) is 10.2. The number of hydrogen-bond acceptors (Lipinski definition) is 16. The molecule has 18 nitrogen and oxygen atoms in total. The van der Waals surface area contributed by atoms with Crippen molar-refractivity contribution in [3.63, 3.8) is 0 Å². The van der Waals surface area contributed by atoms with E-state index >= 15 is 0 Å². The Bertz CT molecular complexity index is 2150. The van der Waals surface area contributed by atoms with Gasteiger partial charge in [-0.15, -0.1) is 5.10 Å². The molecular formula is C47H67FN8O10. The number of aliphatic hydroxyl groups excluding tert-OH is 1. The molecule has 3 saturated heterocycles. The molecule has 3 aliphatic rings. The molecule has 19 heteroatoms. The number of nitrogens with zero attached hydrogens (tertiary/aromatic N) is 7. The van der Waals surface area contributed by atoms with Gasteiger partial charge in [-0.3, -0.25) is 14.4 Å². The summed E-state index contributed by atoms with van der Waals surface area (Å²) in [5.41, 5.74) is 0.580. The molecule has 3 aromatic rings. The number of aromatic nitrogens is 5. The van der Waals surface area contributed by atoms with Crippen molar-refractivity contribution in [2.24, 2.45) is 29.5 Å². The predicted octanol–water partition coefficient (Wildman–Crippen LogP) is 4.48. The number of rotatable bonds is 13. The zero-order valence-corrected chi connectivity index (χ0v) is 39.7. The number of hydrogen-bond donors (Lipinski definition) is 2. The van der Waals surface area contributed by atoms with Crippen LogP contribution in [-0.2, 0) is 50.9 Å². The molecule has 2 aromatic heterocycles. The van der Waals surface area contributed by atoms with Crippen molar-refractivity contribution in [3.05, 3.63) is 60.4 Å². The minimum Gasteiger partial charge on any atom is -0.458 e. The summed E-state index contributed by atoms with van der Waals surface area (Å²) in [6.07, 6.45) is 2.36. The molecule has 3 N–H and O–H groups in total. The van der Waals surface area contributed by atoms with Crippen LogP contribution in [0.1, 0.15) is 92.0 Å². The minimum absolute atomic E-state index is 0.0514. The topological polar surface area (TPSA) is 224 Å². The van der Waals surface area contributed by atoms with Gasteiger partial charge in [0.1, 0.15) is 43.0 Å². The molecule has 14 atom stereocenters. The molecule has 1 amide bonds. The molecule has 0 bridgehead atoms. The number of cyclic esters (lactones) is 1. The number of alkyl halides is 1. The number of carbonyl (C=O) groups is 4. The monoisotopic (exact) mass is 922 g/mol. The van der Waals surface area contributed by atoms with Crippen LogP contribution in [0, 0.1) is 23.7 Å². The molecule has 66 heavy (non-hydrogen) atoms. The van der Waals surface area contributed by atoms with Crippen LogP contribution in [-0.4, -0.2) is 145 Å². The van der Waals surface area contributed by atoms with E-state index in [4.69, 9.17) is 29.5 Å². The number of hydrazine groups is 1. The van der Waals surface area contributed by atoms with E-state index in [1.807, 2.05) is 43.1 Å². The number of benzene rings is 1. The van der Waals surface area contributed by atoms with Gasteiger partial charge in [-0.05, 0) is 71.6 Å². The predicted molar refractivity (Wildman–Crippen MR) is 238 cm³/mol. The van der Waals surface area contributed by atoms with E-state index in [1.54, 1.807) is 64.8 Å². The Morgan fingerprint density at radius 2 is 1.70 bits per heavy atom.